The van der Waals surface area contributed by atoms with E-state index in [-0.39, 0.29) is 18.7 Å². The molecule has 1 saturated heterocycles. The molecule has 1 aliphatic heterocycles. The van der Waals surface area contributed by atoms with E-state index in [2.05, 4.69) is 0 Å². The minimum Gasteiger partial charge on any atom is -0.480 e. The van der Waals surface area contributed by atoms with Crippen LogP contribution >= 0.6 is 0 Å². The van der Waals surface area contributed by atoms with Gasteiger partial charge in [-0.25, -0.2) is 18.0 Å². The maximum atomic E-state index is 12.7. The van der Waals surface area contributed by atoms with Gasteiger partial charge in [0.15, 0.2) is 9.84 Å². The van der Waals surface area contributed by atoms with E-state index in [1.807, 2.05) is 0 Å². The van der Waals surface area contributed by atoms with E-state index in [1.165, 1.54) is 0 Å². The Bertz CT molecular complexity index is 738. The van der Waals surface area contributed by atoms with Crippen molar-refractivity contribution in [2.24, 2.45) is 0 Å². The molecule has 1 aromatic carbocycles. The summed E-state index contributed by atoms with van der Waals surface area (Å²) < 4.78 is 30.5. The van der Waals surface area contributed by atoms with Gasteiger partial charge in [-0.15, -0.1) is 0 Å². The van der Waals surface area contributed by atoms with E-state index in [9.17, 15) is 23.1 Å². The van der Waals surface area contributed by atoms with Crippen molar-refractivity contribution in [3.63, 3.8) is 0 Å². The van der Waals surface area contributed by atoms with Gasteiger partial charge in [0.05, 0.1) is 11.0 Å². The van der Waals surface area contributed by atoms with Crippen LogP contribution in [0.25, 0.3) is 0 Å². The number of amides is 1. The number of aliphatic carboxylic acids is 1. The van der Waals surface area contributed by atoms with E-state index >= 15 is 0 Å². The molecule has 7 nitrogen and oxygen atoms in total. The van der Waals surface area contributed by atoms with Crippen molar-refractivity contribution >= 4 is 21.9 Å². The lowest BCUT2D eigenvalue weighted by molar-refractivity contribution is -0.142. The third kappa shape index (κ3) is 4.94. The minimum atomic E-state index is -3.60. The van der Waals surface area contributed by atoms with Crippen molar-refractivity contribution in [3.8, 4) is 0 Å². The Kier molecular flexibility index (Phi) is 5.41. The number of carbonyl (C=O) groups is 2. The lowest BCUT2D eigenvalue weighted by Crippen LogP contribution is -2.43. The number of nitrogens with zero attached hydrogens (tertiary/aromatic N) is 1. The first-order chi connectivity index (χ1) is 11.5. The van der Waals surface area contributed by atoms with Crippen molar-refractivity contribution in [2.45, 2.75) is 49.8 Å². The zero-order valence-electron chi connectivity index (χ0n) is 14.5. The summed E-state index contributed by atoms with van der Waals surface area (Å²) in [6.45, 7) is 4.82. The predicted octanol–water partition coefficient (Wildman–Crippen LogP) is 2.06. The fraction of sp³-hybridized carbons (Fsp3) is 0.529. The quantitative estimate of drug-likeness (QED) is 0.872. The van der Waals surface area contributed by atoms with Crippen LogP contribution in [0.3, 0.4) is 0 Å². The number of hydrogen-bond acceptors (Lipinski definition) is 5. The first-order valence-corrected chi connectivity index (χ1v) is 9.69. The molecular weight excluding hydrogens is 346 g/mol. The molecule has 1 N–H and O–H groups in total. The van der Waals surface area contributed by atoms with Crippen molar-refractivity contribution < 1.29 is 27.9 Å². The van der Waals surface area contributed by atoms with Gasteiger partial charge in [0, 0.05) is 6.54 Å². The SMILES string of the molecule is CC(C)(C)OC(=O)N1C[C@H](S(=O)(=O)Cc2ccccc2)C[C@H]1C(=O)O. The predicted molar refractivity (Wildman–Crippen MR) is 91.8 cm³/mol. The van der Waals surface area contributed by atoms with Gasteiger partial charge in [0.1, 0.15) is 11.6 Å². The number of likely N-dealkylation sites (tertiary alicyclic amines) is 1. The number of sulfone groups is 1. The van der Waals surface area contributed by atoms with Crippen LogP contribution in [0.4, 0.5) is 4.79 Å². The van der Waals surface area contributed by atoms with Gasteiger partial charge in [-0.1, -0.05) is 30.3 Å². The Morgan fingerprint density at radius 1 is 1.24 bits per heavy atom. The minimum absolute atomic E-state index is 0.135. The molecule has 1 amide bonds. The number of carboxylic acid groups (broad SMARTS) is 1. The largest absolute Gasteiger partial charge is 0.480 e. The van der Waals surface area contributed by atoms with Crippen molar-refractivity contribution in [2.75, 3.05) is 6.54 Å². The molecule has 0 aromatic heterocycles. The Balaban J connectivity index is 2.18. The van der Waals surface area contributed by atoms with Crippen LogP contribution in [-0.2, 0) is 25.1 Å². The van der Waals surface area contributed by atoms with E-state index in [0.717, 1.165) is 4.90 Å². The van der Waals surface area contributed by atoms with Crippen LogP contribution in [0, 0.1) is 0 Å². The molecule has 0 radical (unpaired) electrons. The summed E-state index contributed by atoms with van der Waals surface area (Å²) in [5, 5.41) is 8.43. The molecule has 0 aliphatic carbocycles. The summed E-state index contributed by atoms with van der Waals surface area (Å²) in [6.07, 6.45) is -0.943. The van der Waals surface area contributed by atoms with Crippen molar-refractivity contribution in [3.05, 3.63) is 35.9 Å². The lowest BCUT2D eigenvalue weighted by Gasteiger charge is -2.26. The van der Waals surface area contributed by atoms with E-state index in [4.69, 9.17) is 4.74 Å². The summed E-state index contributed by atoms with van der Waals surface area (Å²) in [5.74, 6) is -1.42. The fourth-order valence-corrected chi connectivity index (χ4v) is 4.49. The number of benzene rings is 1. The van der Waals surface area contributed by atoms with Crippen LogP contribution in [-0.4, -0.2) is 53.9 Å². The Labute approximate surface area is 147 Å². The molecule has 1 fully saturated rings. The van der Waals surface area contributed by atoms with Crippen LogP contribution in [0.15, 0.2) is 30.3 Å². The Morgan fingerprint density at radius 3 is 2.36 bits per heavy atom. The second-order valence-electron chi connectivity index (χ2n) is 7.14. The first kappa shape index (κ1) is 19.2. The molecule has 2 rings (SSSR count). The molecule has 25 heavy (non-hydrogen) atoms. The van der Waals surface area contributed by atoms with Gasteiger partial charge < -0.3 is 9.84 Å². The Morgan fingerprint density at radius 2 is 1.84 bits per heavy atom. The molecule has 1 aromatic rings. The summed E-state index contributed by atoms with van der Waals surface area (Å²) in [6, 6.07) is 7.47. The van der Waals surface area contributed by atoms with Gasteiger partial charge in [0.2, 0.25) is 0 Å². The average Bonchev–Trinajstić information content (AvgIpc) is 2.92. The second kappa shape index (κ2) is 7.03. The normalized spacial score (nSPS) is 21.2. The lowest BCUT2D eigenvalue weighted by atomic mass is 10.2. The van der Waals surface area contributed by atoms with Crippen LogP contribution in [0.2, 0.25) is 0 Å². The van der Waals surface area contributed by atoms with Crippen LogP contribution in [0.5, 0.6) is 0 Å². The Hall–Kier alpha value is -2.09. The molecule has 0 saturated carbocycles. The number of hydrogen-bond donors (Lipinski definition) is 1. The highest BCUT2D eigenvalue weighted by Gasteiger charge is 2.46. The van der Waals surface area contributed by atoms with E-state index in [0.29, 0.717) is 5.56 Å². The number of carbonyl (C=O) groups excluding carboxylic acids is 1. The highest BCUT2D eigenvalue weighted by Crippen LogP contribution is 2.27. The molecule has 2 atom stereocenters. The van der Waals surface area contributed by atoms with Gasteiger partial charge in [-0.2, -0.15) is 0 Å². The monoisotopic (exact) mass is 369 g/mol. The number of rotatable bonds is 4. The summed E-state index contributed by atoms with van der Waals surface area (Å²) in [7, 11) is -3.60. The summed E-state index contributed by atoms with van der Waals surface area (Å²) in [5.41, 5.74) is -0.161. The van der Waals surface area contributed by atoms with E-state index < -0.39 is 38.8 Å². The van der Waals surface area contributed by atoms with Crippen LogP contribution in [0.1, 0.15) is 32.8 Å². The van der Waals surface area contributed by atoms with Gasteiger partial charge in [0.25, 0.3) is 0 Å². The van der Waals surface area contributed by atoms with Crippen molar-refractivity contribution in [1.82, 2.24) is 4.90 Å². The van der Waals surface area contributed by atoms with Crippen molar-refractivity contribution in [1.29, 1.82) is 0 Å². The first-order valence-electron chi connectivity index (χ1n) is 7.97. The maximum absolute atomic E-state index is 12.7. The highest BCUT2D eigenvalue weighted by atomic mass is 32.2. The zero-order chi connectivity index (χ0) is 18.8. The second-order valence-corrected chi connectivity index (χ2v) is 9.42. The van der Waals surface area contributed by atoms with Gasteiger partial charge in [-0.3, -0.25) is 4.90 Å². The zero-order valence-corrected chi connectivity index (χ0v) is 15.3. The van der Waals surface area contributed by atoms with E-state index in [1.54, 1.807) is 51.1 Å². The molecule has 0 bridgehead atoms. The average molecular weight is 369 g/mol. The standard InChI is InChI=1S/C17H23NO6S/c1-17(2,3)24-16(21)18-10-13(9-14(18)15(19)20)25(22,23)11-12-7-5-4-6-8-12/h4-8,13-14H,9-11H2,1-3H3,(H,19,20)/t13-,14+/m1/s1. The number of ether oxygens (including phenoxy) is 1. The molecule has 0 spiro atoms. The molecule has 0 unspecified atom stereocenters. The van der Waals surface area contributed by atoms with Gasteiger partial charge in [-0.05, 0) is 32.8 Å². The molecular formula is C17H23NO6S. The highest BCUT2D eigenvalue weighted by molar-refractivity contribution is 7.91. The molecule has 8 heteroatoms. The fourth-order valence-electron chi connectivity index (χ4n) is 2.74. The van der Waals surface area contributed by atoms with Gasteiger partial charge >= 0.3 is 12.1 Å². The smallest absolute Gasteiger partial charge is 0.411 e. The third-order valence-corrected chi connectivity index (χ3v) is 5.99. The van der Waals surface area contributed by atoms with Crippen LogP contribution < -0.4 is 0 Å². The topological polar surface area (TPSA) is 101 Å². The summed E-state index contributed by atoms with van der Waals surface area (Å²) in [4.78, 5) is 24.7. The third-order valence-electron chi connectivity index (χ3n) is 3.89. The molecule has 1 heterocycles. The maximum Gasteiger partial charge on any atom is 0.411 e. The summed E-state index contributed by atoms with van der Waals surface area (Å²) >= 11 is 0. The molecule has 1 aliphatic rings. The number of carboxylic acids is 1. The molecule has 138 valence electrons.